The molecule has 1 aromatic carbocycles. The molecule has 0 aliphatic rings. The zero-order chi connectivity index (χ0) is 8.39. The Kier molecular flexibility index (Phi) is 1.80. The molecule has 2 aromatic rings. The second kappa shape index (κ2) is 2.95. The fourth-order valence-electron chi connectivity index (χ4n) is 1.03. The van der Waals surface area contributed by atoms with Crippen LogP contribution in [0.3, 0.4) is 0 Å². The van der Waals surface area contributed by atoms with Crippen LogP contribution in [-0.2, 0) is 0 Å². The molecule has 0 unspecified atom stereocenters. The third kappa shape index (κ3) is 1.19. The number of aliphatic hydroxyl groups excluding tert-OH is 1. The van der Waals surface area contributed by atoms with Crippen molar-refractivity contribution in [2.45, 2.75) is 0 Å². The van der Waals surface area contributed by atoms with Gasteiger partial charge in [-0.3, -0.25) is 0 Å². The number of nitrogens with zero attached hydrogens (tertiary/aromatic N) is 1. The number of aromatic nitrogens is 1. The number of hydrogen-bond acceptors (Lipinski definition) is 3. The van der Waals surface area contributed by atoms with Gasteiger partial charge < -0.3 is 5.11 Å². The zero-order valence-corrected chi connectivity index (χ0v) is 7.08. The van der Waals surface area contributed by atoms with E-state index in [-0.39, 0.29) is 0 Å². The largest absolute Gasteiger partial charge is 0.515 e. The Labute approximate surface area is 73.8 Å². The number of thiazole rings is 1. The van der Waals surface area contributed by atoms with Crippen LogP contribution >= 0.6 is 11.3 Å². The lowest BCUT2D eigenvalue weighted by Gasteiger charge is -1.80. The van der Waals surface area contributed by atoms with Crippen LogP contribution in [0.5, 0.6) is 0 Å². The van der Waals surface area contributed by atoms with Gasteiger partial charge in [-0.25, -0.2) is 4.98 Å². The Balaban J connectivity index is 2.62. The lowest BCUT2D eigenvalue weighted by molar-refractivity contribution is 0.478. The van der Waals surface area contributed by atoms with Gasteiger partial charge in [0.05, 0.1) is 16.5 Å². The molecule has 60 valence electrons. The van der Waals surface area contributed by atoms with Crippen LogP contribution in [0.15, 0.2) is 30.5 Å². The second-order valence-electron chi connectivity index (χ2n) is 2.34. The molecule has 1 heterocycles. The van der Waals surface area contributed by atoms with Crippen LogP contribution in [0.4, 0.5) is 0 Å². The van der Waals surface area contributed by atoms with Crippen molar-refractivity contribution in [3.63, 3.8) is 0 Å². The first-order valence-electron chi connectivity index (χ1n) is 3.56. The van der Waals surface area contributed by atoms with Crippen molar-refractivity contribution < 1.29 is 5.11 Å². The number of rotatable bonds is 1. The minimum Gasteiger partial charge on any atom is -0.515 e. The van der Waals surface area contributed by atoms with E-state index in [4.69, 9.17) is 5.11 Å². The van der Waals surface area contributed by atoms with Gasteiger partial charge in [0.2, 0.25) is 0 Å². The summed E-state index contributed by atoms with van der Waals surface area (Å²) < 4.78 is 1.14. The molecule has 0 aliphatic carbocycles. The molecule has 2 nitrogen and oxygen atoms in total. The average molecular weight is 177 g/mol. The van der Waals surface area contributed by atoms with Crippen molar-refractivity contribution in [1.29, 1.82) is 0 Å². The molecule has 1 aromatic heterocycles. The van der Waals surface area contributed by atoms with Crippen LogP contribution in [0.1, 0.15) is 5.01 Å². The van der Waals surface area contributed by atoms with E-state index in [2.05, 4.69) is 4.98 Å². The molecule has 0 radical (unpaired) electrons. The summed E-state index contributed by atoms with van der Waals surface area (Å²) in [5.74, 6) is 0. The molecule has 0 saturated carbocycles. The summed E-state index contributed by atoms with van der Waals surface area (Å²) in [7, 11) is 0. The van der Waals surface area contributed by atoms with Gasteiger partial charge >= 0.3 is 0 Å². The predicted molar refractivity (Wildman–Crippen MR) is 51.3 cm³/mol. The van der Waals surface area contributed by atoms with Gasteiger partial charge in [0, 0.05) is 6.08 Å². The van der Waals surface area contributed by atoms with Crippen molar-refractivity contribution in [2.75, 3.05) is 0 Å². The Hall–Kier alpha value is -1.35. The van der Waals surface area contributed by atoms with Gasteiger partial charge in [-0.15, -0.1) is 11.3 Å². The molecule has 0 saturated heterocycles. The van der Waals surface area contributed by atoms with E-state index in [0.717, 1.165) is 21.5 Å². The SMILES string of the molecule is O/C=C/c1nc2ccccc2s1. The van der Waals surface area contributed by atoms with E-state index in [0.29, 0.717) is 0 Å². The minimum absolute atomic E-state index is 0.832. The summed E-state index contributed by atoms with van der Waals surface area (Å²) in [5, 5.41) is 9.36. The summed E-state index contributed by atoms with van der Waals surface area (Å²) in [6.07, 6.45) is 2.60. The highest BCUT2D eigenvalue weighted by Crippen LogP contribution is 2.21. The standard InChI is InChI=1S/C9H7NOS/c11-6-5-9-10-7-3-1-2-4-8(7)12-9/h1-6,11H/b6-5+. The van der Waals surface area contributed by atoms with Gasteiger partial charge in [0.15, 0.2) is 0 Å². The van der Waals surface area contributed by atoms with Crippen molar-refractivity contribution in [1.82, 2.24) is 4.98 Å². The maximum absolute atomic E-state index is 8.53. The predicted octanol–water partition coefficient (Wildman–Crippen LogP) is 2.83. The van der Waals surface area contributed by atoms with E-state index in [1.807, 2.05) is 24.3 Å². The van der Waals surface area contributed by atoms with Crippen molar-refractivity contribution in [2.24, 2.45) is 0 Å². The molecule has 1 N–H and O–H groups in total. The molecule has 12 heavy (non-hydrogen) atoms. The monoisotopic (exact) mass is 177 g/mol. The van der Waals surface area contributed by atoms with Crippen LogP contribution < -0.4 is 0 Å². The first-order chi connectivity index (χ1) is 5.90. The Morgan fingerprint density at radius 3 is 2.92 bits per heavy atom. The molecule has 0 amide bonds. The average Bonchev–Trinajstić information content (AvgIpc) is 2.47. The van der Waals surface area contributed by atoms with E-state index >= 15 is 0 Å². The topological polar surface area (TPSA) is 33.1 Å². The summed E-state index contributed by atoms with van der Waals surface area (Å²) in [5.41, 5.74) is 0.982. The number of para-hydroxylation sites is 1. The van der Waals surface area contributed by atoms with Crippen molar-refractivity contribution in [3.8, 4) is 0 Å². The first-order valence-corrected chi connectivity index (χ1v) is 4.38. The molecule has 3 heteroatoms. The Bertz CT molecular complexity index is 386. The molecule has 0 atom stereocenters. The van der Waals surface area contributed by atoms with E-state index in [9.17, 15) is 0 Å². The van der Waals surface area contributed by atoms with Crippen LogP contribution in [0.2, 0.25) is 0 Å². The van der Waals surface area contributed by atoms with Gasteiger partial charge in [-0.05, 0) is 12.1 Å². The Morgan fingerprint density at radius 2 is 2.17 bits per heavy atom. The quantitative estimate of drug-likeness (QED) is 0.679. The third-order valence-corrected chi connectivity index (χ3v) is 2.53. The maximum atomic E-state index is 8.53. The summed E-state index contributed by atoms with van der Waals surface area (Å²) >= 11 is 1.56. The van der Waals surface area contributed by atoms with E-state index in [1.54, 1.807) is 17.4 Å². The molecule has 0 bridgehead atoms. The highest BCUT2D eigenvalue weighted by Gasteiger charge is 1.98. The van der Waals surface area contributed by atoms with Crippen LogP contribution in [0, 0.1) is 0 Å². The van der Waals surface area contributed by atoms with Gasteiger partial charge in [-0.1, -0.05) is 12.1 Å². The summed E-state index contributed by atoms with van der Waals surface area (Å²) in [6.45, 7) is 0. The lowest BCUT2D eigenvalue weighted by Crippen LogP contribution is -1.66. The smallest absolute Gasteiger partial charge is 0.120 e. The normalized spacial score (nSPS) is 11.3. The number of benzene rings is 1. The molecular weight excluding hydrogens is 170 g/mol. The lowest BCUT2D eigenvalue weighted by atomic mass is 10.3. The van der Waals surface area contributed by atoms with Gasteiger partial charge in [0.1, 0.15) is 5.01 Å². The van der Waals surface area contributed by atoms with E-state index < -0.39 is 0 Å². The maximum Gasteiger partial charge on any atom is 0.120 e. The van der Waals surface area contributed by atoms with Crippen LogP contribution in [-0.4, -0.2) is 10.1 Å². The second-order valence-corrected chi connectivity index (χ2v) is 3.40. The zero-order valence-electron chi connectivity index (χ0n) is 6.27. The first kappa shape index (κ1) is 7.31. The highest BCUT2D eigenvalue weighted by atomic mass is 32.1. The molecule has 0 aliphatic heterocycles. The molecular formula is C9H7NOS. The Morgan fingerprint density at radius 1 is 1.33 bits per heavy atom. The van der Waals surface area contributed by atoms with Crippen LogP contribution in [0.25, 0.3) is 16.3 Å². The summed E-state index contributed by atoms with van der Waals surface area (Å²) in [4.78, 5) is 4.27. The fraction of sp³-hybridized carbons (Fsp3) is 0. The number of fused-ring (bicyclic) bond motifs is 1. The molecule has 2 rings (SSSR count). The minimum atomic E-state index is 0.832. The van der Waals surface area contributed by atoms with Gasteiger partial charge in [-0.2, -0.15) is 0 Å². The molecule has 0 fully saturated rings. The van der Waals surface area contributed by atoms with Crippen molar-refractivity contribution in [3.05, 3.63) is 35.5 Å². The third-order valence-electron chi connectivity index (χ3n) is 1.53. The number of aliphatic hydroxyl groups is 1. The fourth-order valence-corrected chi connectivity index (χ4v) is 1.89. The number of hydrogen-bond donors (Lipinski definition) is 1. The van der Waals surface area contributed by atoms with Gasteiger partial charge in [0.25, 0.3) is 0 Å². The van der Waals surface area contributed by atoms with E-state index in [1.165, 1.54) is 0 Å². The highest BCUT2D eigenvalue weighted by molar-refractivity contribution is 7.19. The molecule has 0 spiro atoms. The summed E-state index contributed by atoms with van der Waals surface area (Å²) in [6, 6.07) is 7.91. The van der Waals surface area contributed by atoms with Crippen molar-refractivity contribution >= 4 is 27.6 Å².